The van der Waals surface area contributed by atoms with Crippen LogP contribution in [0.4, 0.5) is 13.2 Å². The van der Waals surface area contributed by atoms with Crippen molar-refractivity contribution in [1.82, 2.24) is 15.2 Å². The van der Waals surface area contributed by atoms with E-state index in [0.29, 0.717) is 5.56 Å². The maximum Gasteiger partial charge on any atom is 0.392 e. The fourth-order valence-corrected chi connectivity index (χ4v) is 5.03. The summed E-state index contributed by atoms with van der Waals surface area (Å²) in [5.74, 6) is -4.23. The SMILES string of the molecule is Cc1cccc(C)c1-c1cncc([C@H](CC(=O)O)NC(=O)[C@H](CC(C)C)N2CCC(C(F)(F)F)CC2=O)c1. The van der Waals surface area contributed by atoms with E-state index in [4.69, 9.17) is 0 Å². The van der Waals surface area contributed by atoms with Gasteiger partial charge in [0.05, 0.1) is 18.4 Å². The van der Waals surface area contributed by atoms with Crippen molar-refractivity contribution < 1.29 is 32.7 Å². The predicted molar refractivity (Wildman–Crippen MR) is 136 cm³/mol. The molecule has 3 rings (SSSR count). The van der Waals surface area contributed by atoms with Gasteiger partial charge in [-0.3, -0.25) is 19.4 Å². The lowest BCUT2D eigenvalue weighted by atomic mass is 9.92. The third-order valence-electron chi connectivity index (χ3n) is 6.92. The molecule has 1 aliphatic heterocycles. The summed E-state index contributed by atoms with van der Waals surface area (Å²) in [6.07, 6.45) is -2.50. The van der Waals surface area contributed by atoms with Crippen LogP contribution in [0, 0.1) is 25.7 Å². The number of halogens is 3. The molecule has 7 nitrogen and oxygen atoms in total. The number of amides is 2. The lowest BCUT2D eigenvalue weighted by Gasteiger charge is -2.38. The number of aliphatic carboxylic acids is 1. The zero-order chi connectivity index (χ0) is 28.2. The van der Waals surface area contributed by atoms with Crippen LogP contribution in [-0.2, 0) is 14.4 Å². The average molecular weight is 534 g/mol. The molecule has 1 aromatic carbocycles. The van der Waals surface area contributed by atoms with E-state index in [9.17, 15) is 32.7 Å². The van der Waals surface area contributed by atoms with E-state index in [-0.39, 0.29) is 25.3 Å². The number of carbonyl (C=O) groups is 3. The Hall–Kier alpha value is -3.43. The van der Waals surface area contributed by atoms with Crippen molar-refractivity contribution in [2.45, 2.75) is 71.6 Å². The lowest BCUT2D eigenvalue weighted by Crippen LogP contribution is -2.54. The minimum absolute atomic E-state index is 0.0363. The van der Waals surface area contributed by atoms with Gasteiger partial charge in [-0.1, -0.05) is 32.0 Å². The molecule has 3 atom stereocenters. The molecule has 1 aliphatic rings. The van der Waals surface area contributed by atoms with Gasteiger partial charge >= 0.3 is 12.1 Å². The average Bonchev–Trinajstić information content (AvgIpc) is 2.81. The molecule has 2 amide bonds. The first-order valence-corrected chi connectivity index (χ1v) is 12.7. The van der Waals surface area contributed by atoms with Crippen molar-refractivity contribution in [2.75, 3.05) is 6.54 Å². The van der Waals surface area contributed by atoms with E-state index in [0.717, 1.165) is 22.3 Å². The second-order valence-corrected chi connectivity index (χ2v) is 10.4. The number of aromatic nitrogens is 1. The molecule has 2 aromatic rings. The highest BCUT2D eigenvalue weighted by molar-refractivity contribution is 5.88. The molecule has 206 valence electrons. The Morgan fingerprint density at radius 1 is 1.18 bits per heavy atom. The predicted octanol–water partition coefficient (Wildman–Crippen LogP) is 5.21. The van der Waals surface area contributed by atoms with Gasteiger partial charge in [0.2, 0.25) is 11.8 Å². The standard InChI is InChI=1S/C28H34F3N3O4/c1-16(2)10-23(34-9-8-21(12-24(34)35)28(29,30)31)27(38)33-22(13-25(36)37)19-11-20(15-32-14-19)26-17(3)6-5-7-18(26)4/h5-7,11,14-16,21-23H,8-10,12-13H2,1-4H3,(H,33,38)(H,36,37)/t21?,22-,23-/m0/s1. The molecule has 1 fully saturated rings. The number of pyridine rings is 1. The van der Waals surface area contributed by atoms with Gasteiger partial charge in [0.25, 0.3) is 0 Å². The summed E-state index contributed by atoms with van der Waals surface area (Å²) in [5.41, 5.74) is 4.23. The number of benzene rings is 1. The molecule has 38 heavy (non-hydrogen) atoms. The summed E-state index contributed by atoms with van der Waals surface area (Å²) >= 11 is 0. The number of carboxylic acid groups (broad SMARTS) is 1. The van der Waals surface area contributed by atoms with Crippen molar-refractivity contribution in [1.29, 1.82) is 0 Å². The van der Waals surface area contributed by atoms with Gasteiger partial charge in [-0.15, -0.1) is 0 Å². The van der Waals surface area contributed by atoms with Crippen molar-refractivity contribution >= 4 is 17.8 Å². The number of aryl methyl sites for hydroxylation is 2. The van der Waals surface area contributed by atoms with Crippen LogP contribution in [0.25, 0.3) is 11.1 Å². The highest BCUT2D eigenvalue weighted by Crippen LogP contribution is 2.36. The second-order valence-electron chi connectivity index (χ2n) is 10.4. The van der Waals surface area contributed by atoms with E-state index < -0.39 is 54.8 Å². The maximum atomic E-state index is 13.5. The number of carbonyl (C=O) groups excluding carboxylic acids is 2. The Balaban J connectivity index is 1.89. The number of likely N-dealkylation sites (tertiary alicyclic amines) is 1. The number of nitrogens with zero attached hydrogens (tertiary/aromatic N) is 2. The summed E-state index contributed by atoms with van der Waals surface area (Å²) in [5, 5.41) is 12.3. The van der Waals surface area contributed by atoms with Crippen LogP contribution in [0.1, 0.15) is 62.3 Å². The monoisotopic (exact) mass is 533 g/mol. The lowest BCUT2D eigenvalue weighted by molar-refractivity contribution is -0.191. The molecule has 1 aromatic heterocycles. The van der Waals surface area contributed by atoms with Crippen LogP contribution in [0.5, 0.6) is 0 Å². The molecule has 1 unspecified atom stereocenters. The van der Waals surface area contributed by atoms with Crippen LogP contribution in [0.3, 0.4) is 0 Å². The first-order chi connectivity index (χ1) is 17.8. The number of carboxylic acids is 1. The summed E-state index contributed by atoms with van der Waals surface area (Å²) < 4.78 is 39.6. The molecule has 2 heterocycles. The summed E-state index contributed by atoms with van der Waals surface area (Å²) in [4.78, 5) is 43.4. The fraction of sp³-hybridized carbons (Fsp3) is 0.500. The number of nitrogens with one attached hydrogen (secondary N) is 1. The number of alkyl halides is 3. The minimum atomic E-state index is -4.47. The minimum Gasteiger partial charge on any atom is -0.481 e. The highest BCUT2D eigenvalue weighted by atomic mass is 19.4. The van der Waals surface area contributed by atoms with Gasteiger partial charge in [0, 0.05) is 30.9 Å². The summed E-state index contributed by atoms with van der Waals surface area (Å²) in [6, 6.07) is 5.68. The molecule has 2 N–H and O–H groups in total. The zero-order valence-electron chi connectivity index (χ0n) is 22.0. The normalized spacial score (nSPS) is 17.8. The molecule has 1 saturated heterocycles. The van der Waals surface area contributed by atoms with Crippen LogP contribution >= 0.6 is 0 Å². The fourth-order valence-electron chi connectivity index (χ4n) is 5.03. The Morgan fingerprint density at radius 3 is 2.39 bits per heavy atom. The van der Waals surface area contributed by atoms with Crippen LogP contribution in [0.2, 0.25) is 0 Å². The molecule has 10 heteroatoms. The smallest absolute Gasteiger partial charge is 0.392 e. The van der Waals surface area contributed by atoms with E-state index in [1.807, 2.05) is 45.9 Å². The molecule has 0 spiro atoms. The van der Waals surface area contributed by atoms with Gasteiger partial charge in [-0.25, -0.2) is 0 Å². The van der Waals surface area contributed by atoms with Gasteiger partial charge in [-0.05, 0) is 60.9 Å². The first-order valence-electron chi connectivity index (χ1n) is 12.7. The molecule has 0 saturated carbocycles. The first kappa shape index (κ1) is 29.1. The van der Waals surface area contributed by atoms with E-state index in [2.05, 4.69) is 10.3 Å². The van der Waals surface area contributed by atoms with Crippen molar-refractivity contribution in [3.63, 3.8) is 0 Å². The van der Waals surface area contributed by atoms with Gasteiger partial charge < -0.3 is 15.3 Å². The summed E-state index contributed by atoms with van der Waals surface area (Å²) in [7, 11) is 0. The topological polar surface area (TPSA) is 99.6 Å². The number of rotatable bonds is 9. The zero-order valence-corrected chi connectivity index (χ0v) is 22.0. The Labute approximate surface area is 220 Å². The molecule has 0 aliphatic carbocycles. The van der Waals surface area contributed by atoms with Crippen LogP contribution in [0.15, 0.2) is 36.7 Å². The Morgan fingerprint density at radius 2 is 1.84 bits per heavy atom. The maximum absolute atomic E-state index is 13.5. The highest BCUT2D eigenvalue weighted by Gasteiger charge is 2.46. The second kappa shape index (κ2) is 12.0. The van der Waals surface area contributed by atoms with Gasteiger partial charge in [0.15, 0.2) is 0 Å². The van der Waals surface area contributed by atoms with Gasteiger partial charge in [-0.2, -0.15) is 13.2 Å². The Bertz CT molecular complexity index is 1160. The van der Waals surface area contributed by atoms with E-state index >= 15 is 0 Å². The number of piperidine rings is 1. The number of hydrogen-bond acceptors (Lipinski definition) is 4. The quantitative estimate of drug-likeness (QED) is 0.461. The van der Waals surface area contributed by atoms with E-state index in [1.54, 1.807) is 12.3 Å². The largest absolute Gasteiger partial charge is 0.481 e. The van der Waals surface area contributed by atoms with Crippen molar-refractivity contribution in [3.8, 4) is 11.1 Å². The molecule has 0 radical (unpaired) electrons. The molecular formula is C28H34F3N3O4. The van der Waals surface area contributed by atoms with Crippen molar-refractivity contribution in [2.24, 2.45) is 11.8 Å². The third kappa shape index (κ3) is 7.11. The molecule has 0 bridgehead atoms. The van der Waals surface area contributed by atoms with Crippen LogP contribution < -0.4 is 5.32 Å². The molecular weight excluding hydrogens is 499 g/mol. The summed E-state index contributed by atoms with van der Waals surface area (Å²) in [6.45, 7) is 7.42. The van der Waals surface area contributed by atoms with Crippen molar-refractivity contribution in [3.05, 3.63) is 53.3 Å². The van der Waals surface area contributed by atoms with E-state index in [1.165, 1.54) is 11.1 Å². The van der Waals surface area contributed by atoms with Crippen LogP contribution in [-0.4, -0.2) is 51.5 Å². The third-order valence-corrected chi connectivity index (χ3v) is 6.92. The number of hydrogen-bond donors (Lipinski definition) is 2. The van der Waals surface area contributed by atoms with Gasteiger partial charge in [0.1, 0.15) is 6.04 Å². The Kier molecular flexibility index (Phi) is 9.17.